The number of rotatable bonds is 21. The van der Waals surface area contributed by atoms with Crippen molar-refractivity contribution in [2.45, 2.75) is 134 Å². The molecule has 2 rings (SSSR count). The van der Waals surface area contributed by atoms with E-state index in [1.807, 2.05) is 0 Å². The number of aliphatic carboxylic acids is 1. The monoisotopic (exact) mass is 570 g/mol. The van der Waals surface area contributed by atoms with Gasteiger partial charge in [-0.05, 0) is 25.3 Å². The number of carboxylic acid groups (broad SMARTS) is 1. The van der Waals surface area contributed by atoms with Gasteiger partial charge < -0.3 is 35.1 Å². The molecule has 0 aromatic rings. The number of hydrogen-bond acceptors (Lipinski definition) is 9. The van der Waals surface area contributed by atoms with Gasteiger partial charge in [0.2, 0.25) is 6.23 Å². The van der Waals surface area contributed by atoms with Crippen LogP contribution in [0.5, 0.6) is 0 Å². The van der Waals surface area contributed by atoms with Gasteiger partial charge in [0.1, 0.15) is 24.4 Å². The minimum atomic E-state index is -3.63. The number of unbranched alkanes of at least 4 members (excludes halogenated alkanes) is 14. The molecule has 1 fully saturated rings. The van der Waals surface area contributed by atoms with Crippen molar-refractivity contribution >= 4 is 17.8 Å². The van der Waals surface area contributed by atoms with E-state index in [4.69, 9.17) is 15.2 Å². The number of alkyl halides is 2. The van der Waals surface area contributed by atoms with Crippen molar-refractivity contribution in [3.05, 3.63) is 24.7 Å². The van der Waals surface area contributed by atoms with Crippen LogP contribution in [0.3, 0.4) is 0 Å². The Kier molecular flexibility index (Phi) is 15.2. The van der Waals surface area contributed by atoms with E-state index in [0.29, 0.717) is 6.42 Å². The topological polar surface area (TPSA) is 138 Å². The van der Waals surface area contributed by atoms with Gasteiger partial charge in [-0.15, -0.1) is 0 Å². The van der Waals surface area contributed by atoms with Gasteiger partial charge in [-0.1, -0.05) is 90.0 Å². The number of nitrogens with two attached hydrogens (primary N) is 1. The minimum Gasteiger partial charge on any atom is -0.550 e. The summed E-state index contributed by atoms with van der Waals surface area (Å²) >= 11 is 0. The van der Waals surface area contributed by atoms with Gasteiger partial charge in [0, 0.05) is 18.6 Å². The molecule has 11 heteroatoms. The van der Waals surface area contributed by atoms with Gasteiger partial charge in [0.25, 0.3) is 0 Å². The van der Waals surface area contributed by atoms with Gasteiger partial charge in [-0.3, -0.25) is 4.79 Å². The molecule has 0 aliphatic carbocycles. The molecule has 3 N–H and O–H groups in total. The number of ether oxygens (including phenoxy) is 2. The van der Waals surface area contributed by atoms with Crippen molar-refractivity contribution in [3.8, 4) is 0 Å². The summed E-state index contributed by atoms with van der Waals surface area (Å²) in [7, 11) is 0. The van der Waals surface area contributed by atoms with Crippen molar-refractivity contribution in [3.63, 3.8) is 0 Å². The molecule has 0 spiro atoms. The van der Waals surface area contributed by atoms with Crippen LogP contribution in [0.2, 0.25) is 0 Å². The van der Waals surface area contributed by atoms with Crippen LogP contribution in [0.4, 0.5) is 8.78 Å². The first kappa shape index (κ1) is 33.7. The average molecular weight is 571 g/mol. The Morgan fingerprint density at radius 1 is 0.975 bits per heavy atom. The highest BCUT2D eigenvalue weighted by atomic mass is 19.3. The number of nitrogens with zero attached hydrogens (tertiary/aromatic N) is 2. The quantitative estimate of drug-likeness (QED) is 0.154. The average Bonchev–Trinajstić information content (AvgIpc) is 3.12. The van der Waals surface area contributed by atoms with Gasteiger partial charge in [-0.25, -0.2) is 4.99 Å². The van der Waals surface area contributed by atoms with E-state index >= 15 is 0 Å². The highest BCUT2D eigenvalue weighted by molar-refractivity contribution is 5.92. The maximum absolute atomic E-state index is 14.6. The summed E-state index contributed by atoms with van der Waals surface area (Å²) in [4.78, 5) is 27.3. The Labute approximate surface area is 236 Å². The lowest BCUT2D eigenvalue weighted by molar-refractivity contribution is -0.305. The summed E-state index contributed by atoms with van der Waals surface area (Å²) in [6.07, 6.45) is 13.8. The van der Waals surface area contributed by atoms with Crippen molar-refractivity contribution in [2.24, 2.45) is 10.7 Å². The number of amidine groups is 1. The Balaban J connectivity index is 1.44. The standard InChI is InChI=1S/C29H47F2N3O6/c1-22-33-24(32)19-20-34(22)28-29(30,31)27(38)23(40-28)21-39-26(37)18-16-14-12-10-8-6-4-2-3-5-7-9-11-13-15-17-25(35)36/h19-20,23,27-28,38H,1-18,21H2,(H2,32,33)(H,35,36)/p-1/t23-,27?,28-/m1/s1. The molecule has 0 radical (unpaired) electrons. The third-order valence-corrected chi connectivity index (χ3v) is 7.26. The molecule has 0 saturated carbocycles. The molecule has 0 aromatic heterocycles. The zero-order valence-corrected chi connectivity index (χ0v) is 23.5. The minimum absolute atomic E-state index is 0.0391. The predicted molar refractivity (Wildman–Crippen MR) is 146 cm³/mol. The maximum Gasteiger partial charge on any atom is 0.320 e. The van der Waals surface area contributed by atoms with E-state index in [2.05, 4.69) is 11.6 Å². The molecule has 0 bridgehead atoms. The van der Waals surface area contributed by atoms with Crippen LogP contribution in [0.1, 0.15) is 109 Å². The third-order valence-electron chi connectivity index (χ3n) is 7.26. The molecule has 2 aliphatic heterocycles. The lowest BCUT2D eigenvalue weighted by Gasteiger charge is -2.31. The fourth-order valence-corrected chi connectivity index (χ4v) is 4.89. The fourth-order valence-electron chi connectivity index (χ4n) is 4.89. The Morgan fingerprint density at radius 3 is 1.93 bits per heavy atom. The molecule has 228 valence electrons. The molecule has 9 nitrogen and oxygen atoms in total. The number of esters is 1. The molecular formula is C29H46F2N3O6-. The van der Waals surface area contributed by atoms with Crippen LogP contribution in [0, 0.1) is 0 Å². The van der Waals surface area contributed by atoms with Gasteiger partial charge in [0.15, 0.2) is 6.10 Å². The smallest absolute Gasteiger partial charge is 0.320 e. The van der Waals surface area contributed by atoms with E-state index < -0.39 is 42.9 Å². The van der Waals surface area contributed by atoms with E-state index in [1.54, 1.807) is 0 Å². The van der Waals surface area contributed by atoms with Gasteiger partial charge in [-0.2, -0.15) is 8.78 Å². The summed E-state index contributed by atoms with van der Waals surface area (Å²) in [5.74, 6) is -5.00. The van der Waals surface area contributed by atoms with E-state index in [0.717, 1.165) is 43.4 Å². The maximum atomic E-state index is 14.6. The normalized spacial score (nSPS) is 22.0. The van der Waals surface area contributed by atoms with Crippen LogP contribution in [0.25, 0.3) is 0 Å². The van der Waals surface area contributed by atoms with Gasteiger partial charge in [0.05, 0.1) is 0 Å². The van der Waals surface area contributed by atoms with E-state index in [1.165, 1.54) is 63.6 Å². The number of carbonyl (C=O) groups excluding carboxylic acids is 2. The summed E-state index contributed by atoms with van der Waals surface area (Å²) in [5.41, 5.74) is 5.54. The molecule has 40 heavy (non-hydrogen) atoms. The Bertz CT molecular complexity index is 867. The first-order valence-electron chi connectivity index (χ1n) is 14.7. The Morgan fingerprint density at radius 2 is 1.45 bits per heavy atom. The zero-order valence-electron chi connectivity index (χ0n) is 23.5. The first-order chi connectivity index (χ1) is 19.1. The van der Waals surface area contributed by atoms with Crippen molar-refractivity contribution in [1.82, 2.24) is 4.90 Å². The van der Waals surface area contributed by atoms with Crippen LogP contribution in [0.15, 0.2) is 29.7 Å². The van der Waals surface area contributed by atoms with Crippen molar-refractivity contribution in [1.29, 1.82) is 0 Å². The molecule has 0 aromatic carbocycles. The zero-order chi connectivity index (χ0) is 29.4. The molecule has 3 atom stereocenters. The number of aliphatic hydroxyl groups is 1. The predicted octanol–water partition coefficient (Wildman–Crippen LogP) is 4.29. The first-order valence-corrected chi connectivity index (χ1v) is 14.7. The lowest BCUT2D eigenvalue weighted by Crippen LogP contribution is -2.47. The van der Waals surface area contributed by atoms with Crippen LogP contribution >= 0.6 is 0 Å². The van der Waals surface area contributed by atoms with Crippen LogP contribution in [-0.2, 0) is 19.1 Å². The number of carbonyl (C=O) groups is 2. The second kappa shape index (κ2) is 18.0. The molecule has 2 heterocycles. The summed E-state index contributed by atoms with van der Waals surface area (Å²) in [6, 6.07) is 0. The van der Waals surface area contributed by atoms with Crippen molar-refractivity contribution in [2.75, 3.05) is 6.61 Å². The van der Waals surface area contributed by atoms with E-state index in [9.17, 15) is 28.6 Å². The summed E-state index contributed by atoms with van der Waals surface area (Å²) < 4.78 is 39.7. The highest BCUT2D eigenvalue weighted by Crippen LogP contribution is 2.40. The molecule has 0 amide bonds. The Hall–Kier alpha value is -2.53. The molecule has 2 aliphatic rings. The summed E-state index contributed by atoms with van der Waals surface area (Å²) in [5, 5.41) is 20.4. The fraction of sp³-hybridized carbons (Fsp3) is 0.759. The molecule has 1 saturated heterocycles. The van der Waals surface area contributed by atoms with E-state index in [-0.39, 0.29) is 24.5 Å². The summed E-state index contributed by atoms with van der Waals surface area (Å²) in [6.45, 7) is 3.12. The lowest BCUT2D eigenvalue weighted by atomic mass is 10.0. The third kappa shape index (κ3) is 11.9. The second-order valence-corrected chi connectivity index (χ2v) is 10.7. The number of aliphatic imine (C=N–C) groups is 1. The SMILES string of the molecule is C=C1N=C(N)C=CN1[C@@H]1O[C@H](COC(=O)CCCCCCCCCCCCCCCCCC(=O)[O-])C(O)C1(F)F. The highest BCUT2D eigenvalue weighted by Gasteiger charge is 2.61. The largest absolute Gasteiger partial charge is 0.550 e. The number of halogens is 2. The number of hydrogen-bond donors (Lipinski definition) is 2. The number of carboxylic acids is 1. The van der Waals surface area contributed by atoms with Crippen LogP contribution < -0.4 is 10.8 Å². The number of aliphatic hydroxyl groups excluding tert-OH is 1. The van der Waals surface area contributed by atoms with Gasteiger partial charge >= 0.3 is 11.9 Å². The van der Waals surface area contributed by atoms with Crippen LogP contribution in [-0.4, -0.2) is 58.7 Å². The molecule has 1 unspecified atom stereocenters. The van der Waals surface area contributed by atoms with Crippen molar-refractivity contribution < 1.29 is 38.1 Å². The molecular weight excluding hydrogens is 524 g/mol. The second-order valence-electron chi connectivity index (χ2n) is 10.7.